The van der Waals surface area contributed by atoms with Crippen molar-refractivity contribution >= 4 is 35.8 Å². The van der Waals surface area contributed by atoms with Gasteiger partial charge in [-0.25, -0.2) is 0 Å². The third-order valence-electron chi connectivity index (χ3n) is 10.8. The molecule has 0 aromatic heterocycles. The van der Waals surface area contributed by atoms with Crippen molar-refractivity contribution in [1.29, 1.82) is 0 Å². The third kappa shape index (κ3) is 4.78. The normalized spacial score (nSPS) is 20.9. The number of fused-ring (bicyclic) bond motifs is 2. The Balaban J connectivity index is 2.15. The quantitative estimate of drug-likeness (QED) is 0.232. The van der Waals surface area contributed by atoms with Gasteiger partial charge in [0.1, 0.15) is 0 Å². The number of halogens is 2. The van der Waals surface area contributed by atoms with E-state index in [-0.39, 0.29) is 7.25 Å². The fraction of sp³-hybridized carbons (Fsp3) is 0.556. The topological polar surface area (TPSA) is 0 Å². The Morgan fingerprint density at radius 1 is 0.675 bits per heavy atom. The molecule has 0 saturated carbocycles. The predicted molar refractivity (Wildman–Crippen MR) is 183 cm³/mol. The van der Waals surface area contributed by atoms with Gasteiger partial charge in [0.15, 0.2) is 0 Å². The Bertz CT molecular complexity index is 1310. The summed E-state index contributed by atoms with van der Waals surface area (Å²) < 4.78 is 1.28. The molecule has 0 saturated heterocycles. The van der Waals surface area contributed by atoms with E-state index < -0.39 is 20.7 Å². The van der Waals surface area contributed by atoms with E-state index in [0.29, 0.717) is 23.7 Å². The number of hydrogen-bond donors (Lipinski definition) is 0. The zero-order valence-electron chi connectivity index (χ0n) is 27.3. The summed E-state index contributed by atoms with van der Waals surface area (Å²) in [5, 5.41) is 0. The molecule has 2 unspecified atom stereocenters. The number of rotatable bonds is 9. The summed E-state index contributed by atoms with van der Waals surface area (Å²) in [6.07, 6.45) is 6.00. The molecule has 0 fully saturated rings. The van der Waals surface area contributed by atoms with Crippen LogP contribution in [0, 0.1) is 0 Å². The van der Waals surface area contributed by atoms with Gasteiger partial charge in [-0.2, -0.15) is 0 Å². The summed E-state index contributed by atoms with van der Waals surface area (Å²) >= 11 is -5.25. The number of allylic oxidation sites excluding steroid dienone is 2. The molecular formula is C36H54Cl2SiZr. The fourth-order valence-corrected chi connectivity index (χ4v) is 53.6. The van der Waals surface area contributed by atoms with Crippen molar-refractivity contribution in [2.45, 2.75) is 124 Å². The minimum atomic E-state index is -5.25. The van der Waals surface area contributed by atoms with Gasteiger partial charge in [0.2, 0.25) is 0 Å². The summed E-state index contributed by atoms with van der Waals surface area (Å²) in [5.41, 5.74) is 14.3. The molecule has 0 aliphatic heterocycles. The zero-order valence-corrected chi connectivity index (χ0v) is 32.7. The van der Waals surface area contributed by atoms with Crippen molar-refractivity contribution in [3.8, 4) is 0 Å². The first kappa shape index (κ1) is 32.5. The Morgan fingerprint density at radius 3 is 1.32 bits per heavy atom. The Kier molecular flexibility index (Phi) is 8.65. The molecule has 4 rings (SSSR count). The zero-order chi connectivity index (χ0) is 30.0. The maximum atomic E-state index is 8.87. The fourth-order valence-electron chi connectivity index (χ4n) is 8.79. The van der Waals surface area contributed by atoms with Crippen molar-refractivity contribution in [2.24, 2.45) is 0 Å². The van der Waals surface area contributed by atoms with Gasteiger partial charge in [-0.15, -0.1) is 0 Å². The molecule has 2 aromatic carbocycles. The predicted octanol–water partition coefficient (Wildman–Crippen LogP) is 12.3. The Hall–Kier alpha value is -0.400. The van der Waals surface area contributed by atoms with Crippen LogP contribution in [0.1, 0.15) is 158 Å². The van der Waals surface area contributed by atoms with E-state index in [2.05, 4.69) is 119 Å². The molecular weight excluding hydrogens is 623 g/mol. The molecule has 2 aromatic rings. The van der Waals surface area contributed by atoms with E-state index in [1.165, 1.54) is 55.7 Å². The van der Waals surface area contributed by atoms with Crippen LogP contribution in [0.25, 0.3) is 12.2 Å². The van der Waals surface area contributed by atoms with Gasteiger partial charge in [-0.1, -0.05) is 0 Å². The summed E-state index contributed by atoms with van der Waals surface area (Å²) in [7, 11) is 17.7. The average molecular weight is 677 g/mol. The van der Waals surface area contributed by atoms with E-state index in [9.17, 15) is 0 Å². The van der Waals surface area contributed by atoms with E-state index in [0.717, 1.165) is 10.5 Å². The van der Waals surface area contributed by atoms with Crippen LogP contribution >= 0.6 is 17.0 Å². The van der Waals surface area contributed by atoms with E-state index in [1.807, 2.05) is 0 Å². The molecule has 0 amide bonds. The van der Waals surface area contributed by atoms with Gasteiger partial charge in [0, 0.05) is 0 Å². The van der Waals surface area contributed by atoms with Crippen LogP contribution in [0.4, 0.5) is 0 Å². The molecule has 2 atom stereocenters. The second kappa shape index (κ2) is 10.6. The van der Waals surface area contributed by atoms with Crippen LogP contribution in [0.2, 0.25) is 10.7 Å². The van der Waals surface area contributed by atoms with Crippen molar-refractivity contribution in [1.82, 2.24) is 0 Å². The molecule has 0 radical (unpaired) electrons. The SMILES string of the molecule is CC[CH2][Zr]([Cl])([Cl])([SiH2]C)([CH]1C(C)=Cc2c(C(C)C)cc(C(C)C)cc21)[CH]1C(C)=Cc2c(C(C)C)cc(C(C)C)cc21. The molecule has 0 bridgehead atoms. The molecule has 0 nitrogen and oxygen atoms in total. The van der Waals surface area contributed by atoms with Gasteiger partial charge >= 0.3 is 254 Å². The first-order valence-corrected chi connectivity index (χ1v) is 34.2. The standard InChI is InChI=1S/2C16H21.C3H7.CH5Si.2ClH.Zr/c2*1-10(2)13-8-14-6-12(5)7-16(14)15(9-13)11(3)4;1-3-2;1-2;;;/h2*6-11H,1-5H3;1,3H2,2H3;2H2,1H3;2*1H;/q;;;;;;+2/p-2. The van der Waals surface area contributed by atoms with Crippen LogP contribution < -0.4 is 0 Å². The summed E-state index contributed by atoms with van der Waals surface area (Å²) in [5.74, 6) is 1.84. The van der Waals surface area contributed by atoms with Crippen molar-refractivity contribution < 1.29 is 14.1 Å². The van der Waals surface area contributed by atoms with Gasteiger partial charge in [-0.05, 0) is 0 Å². The molecule has 40 heavy (non-hydrogen) atoms. The van der Waals surface area contributed by atoms with E-state index >= 15 is 0 Å². The summed E-state index contributed by atoms with van der Waals surface area (Å²) in [6, 6.07) is 9.95. The maximum absolute atomic E-state index is 8.87. The van der Waals surface area contributed by atoms with Gasteiger partial charge in [0.25, 0.3) is 0 Å². The van der Waals surface area contributed by atoms with Crippen LogP contribution in [-0.2, 0) is 14.1 Å². The van der Waals surface area contributed by atoms with Crippen molar-refractivity contribution in [2.75, 3.05) is 0 Å². The first-order valence-electron chi connectivity index (χ1n) is 16.0. The molecule has 2 aliphatic rings. The van der Waals surface area contributed by atoms with Crippen LogP contribution in [0.15, 0.2) is 35.4 Å². The first-order chi connectivity index (χ1) is 18.5. The molecule has 0 N–H and O–H groups in total. The second-order valence-corrected chi connectivity index (χ2v) is 68.2. The third-order valence-corrected chi connectivity index (χ3v) is 66.1. The van der Waals surface area contributed by atoms with Crippen LogP contribution in [0.3, 0.4) is 0 Å². The molecule has 220 valence electrons. The van der Waals surface area contributed by atoms with Gasteiger partial charge in [-0.3, -0.25) is 0 Å². The van der Waals surface area contributed by atoms with Crippen molar-refractivity contribution in [3.05, 3.63) is 79.9 Å². The minimum absolute atomic E-state index is 0.150. The number of benzene rings is 2. The average Bonchev–Trinajstić information content (AvgIpc) is 3.39. The van der Waals surface area contributed by atoms with Crippen molar-refractivity contribution in [3.63, 3.8) is 0 Å². The summed E-state index contributed by atoms with van der Waals surface area (Å²) in [6.45, 7) is 27.2. The number of hydrogen-bond acceptors (Lipinski definition) is 0. The summed E-state index contributed by atoms with van der Waals surface area (Å²) in [4.78, 5) is 0. The Labute approximate surface area is 252 Å². The molecule has 4 heteroatoms. The second-order valence-electron chi connectivity index (χ2n) is 14.9. The van der Waals surface area contributed by atoms with Crippen LogP contribution in [0.5, 0.6) is 0 Å². The van der Waals surface area contributed by atoms with Gasteiger partial charge in [0.05, 0.1) is 0 Å². The molecule has 0 spiro atoms. The van der Waals surface area contributed by atoms with Gasteiger partial charge < -0.3 is 0 Å². The Morgan fingerprint density at radius 2 is 1.05 bits per heavy atom. The molecule has 2 aliphatic carbocycles. The van der Waals surface area contributed by atoms with E-state index in [1.54, 1.807) is 0 Å². The monoisotopic (exact) mass is 674 g/mol. The molecule has 0 heterocycles. The van der Waals surface area contributed by atoms with Crippen LogP contribution in [-0.4, -0.2) is 6.65 Å². The van der Waals surface area contributed by atoms with E-state index in [4.69, 9.17) is 17.0 Å².